The van der Waals surface area contributed by atoms with E-state index in [4.69, 9.17) is 9.47 Å². The molecule has 1 fully saturated rings. The molecular weight excluding hydrogens is 438 g/mol. The van der Waals surface area contributed by atoms with Crippen LogP contribution in [0.2, 0.25) is 0 Å². The maximum absolute atomic E-state index is 13.5. The van der Waals surface area contributed by atoms with Crippen molar-refractivity contribution in [3.05, 3.63) is 35.9 Å². The lowest BCUT2D eigenvalue weighted by molar-refractivity contribution is -0.870. The molecule has 6 nitrogen and oxygen atoms in total. The maximum Gasteiger partial charge on any atom is 0.236 e. The summed E-state index contributed by atoms with van der Waals surface area (Å²) in [5.41, 5.74) is 1.29. The van der Waals surface area contributed by atoms with Crippen LogP contribution in [0.5, 0.6) is 11.5 Å². The smallest absolute Gasteiger partial charge is 0.236 e. The third-order valence-electron chi connectivity index (χ3n) is 7.29. The molecule has 2 heterocycles. The predicted octanol–water partition coefficient (Wildman–Crippen LogP) is 4.90. The number of hydrogen-bond donors (Lipinski definition) is 0. The van der Waals surface area contributed by atoms with Crippen molar-refractivity contribution in [2.24, 2.45) is 5.92 Å². The van der Waals surface area contributed by atoms with Crippen molar-refractivity contribution in [2.75, 3.05) is 60.7 Å². The second-order valence-electron chi connectivity index (χ2n) is 11.5. The van der Waals surface area contributed by atoms with Crippen LogP contribution in [0.3, 0.4) is 0 Å². The molecule has 0 radical (unpaired) electrons. The maximum atomic E-state index is 13.5. The molecule has 6 heteroatoms. The Kier molecular flexibility index (Phi) is 10.0. The quantitative estimate of drug-likeness (QED) is 0.294. The predicted molar refractivity (Wildman–Crippen MR) is 143 cm³/mol. The van der Waals surface area contributed by atoms with Gasteiger partial charge in [-0.1, -0.05) is 38.5 Å². The summed E-state index contributed by atoms with van der Waals surface area (Å²) in [6.45, 7) is 11.1. The molecule has 1 aromatic rings. The van der Waals surface area contributed by atoms with Gasteiger partial charge < -0.3 is 18.9 Å². The van der Waals surface area contributed by atoms with Crippen LogP contribution in [-0.4, -0.2) is 86.9 Å². The van der Waals surface area contributed by atoms with Crippen LogP contribution in [0.25, 0.3) is 0 Å². The molecule has 1 saturated heterocycles. The summed E-state index contributed by atoms with van der Waals surface area (Å²) in [5, 5.41) is 0. The Labute approximate surface area is 213 Å². The first-order valence-electron chi connectivity index (χ1n) is 13.5. The van der Waals surface area contributed by atoms with Gasteiger partial charge in [0.05, 0.1) is 34.2 Å². The Balaban J connectivity index is 1.70. The zero-order chi connectivity index (χ0) is 25.4. The molecule has 0 spiro atoms. The van der Waals surface area contributed by atoms with Crippen LogP contribution < -0.4 is 9.47 Å². The highest BCUT2D eigenvalue weighted by Crippen LogP contribution is 2.39. The largest absolute Gasteiger partial charge is 0.454 e. The molecule has 2 aliphatic rings. The zero-order valence-corrected chi connectivity index (χ0v) is 23.0. The van der Waals surface area contributed by atoms with E-state index in [9.17, 15) is 4.79 Å². The van der Waals surface area contributed by atoms with Crippen LogP contribution in [0.15, 0.2) is 30.4 Å². The van der Waals surface area contributed by atoms with Gasteiger partial charge in [-0.05, 0) is 55.7 Å². The van der Waals surface area contributed by atoms with E-state index in [0.29, 0.717) is 31.2 Å². The lowest BCUT2D eigenvalue weighted by Gasteiger charge is -2.30. The molecule has 3 rings (SSSR count). The van der Waals surface area contributed by atoms with Crippen molar-refractivity contribution >= 4 is 5.91 Å². The van der Waals surface area contributed by atoms with Gasteiger partial charge in [0.15, 0.2) is 11.5 Å². The molecule has 35 heavy (non-hydrogen) atoms. The number of rotatable bonds is 13. The highest BCUT2D eigenvalue weighted by atomic mass is 16.7. The molecule has 0 aliphatic carbocycles. The van der Waals surface area contributed by atoms with Crippen molar-refractivity contribution in [1.29, 1.82) is 0 Å². The van der Waals surface area contributed by atoms with E-state index in [1.54, 1.807) is 0 Å². The molecule has 0 saturated carbocycles. The average molecular weight is 487 g/mol. The standard InChI is InChI=1S/C29H48N3O3/c1-7-9-14-30(15-10-16-32(4,5)6)29(33)21-31-20-25(18-26(31)17-23(3)11-8-2)24-12-13-27-28(19-24)35-22-34-27/h8,11-13,19,23,25-26H,7,9-10,14-18,20-22H2,1-6H3/q+1/b11-8+/t23-,25-,26?/m1/s1. The zero-order valence-electron chi connectivity index (χ0n) is 23.0. The molecule has 0 bridgehead atoms. The van der Waals surface area contributed by atoms with Gasteiger partial charge in [0.25, 0.3) is 0 Å². The normalized spacial score (nSPS) is 21.1. The third kappa shape index (κ3) is 8.25. The van der Waals surface area contributed by atoms with E-state index in [1.807, 2.05) is 6.07 Å². The number of ether oxygens (including phenoxy) is 2. The second kappa shape index (κ2) is 12.8. The summed E-state index contributed by atoms with van der Waals surface area (Å²) >= 11 is 0. The summed E-state index contributed by atoms with van der Waals surface area (Å²) < 4.78 is 12.1. The van der Waals surface area contributed by atoms with Crippen LogP contribution in [0.4, 0.5) is 0 Å². The van der Waals surface area contributed by atoms with E-state index in [0.717, 1.165) is 74.3 Å². The van der Waals surface area contributed by atoms with Gasteiger partial charge >= 0.3 is 0 Å². The van der Waals surface area contributed by atoms with Crippen LogP contribution in [-0.2, 0) is 4.79 Å². The van der Waals surface area contributed by atoms with Crippen molar-refractivity contribution in [3.8, 4) is 11.5 Å². The Morgan fingerprint density at radius 2 is 1.94 bits per heavy atom. The van der Waals surface area contributed by atoms with Gasteiger partial charge in [0.1, 0.15) is 0 Å². The van der Waals surface area contributed by atoms with Gasteiger partial charge in [0.2, 0.25) is 12.7 Å². The monoisotopic (exact) mass is 486 g/mol. The molecule has 3 atom stereocenters. The molecule has 2 aliphatic heterocycles. The summed E-state index contributed by atoms with van der Waals surface area (Å²) in [5.74, 6) is 2.87. The number of nitrogens with zero attached hydrogens (tertiary/aromatic N) is 3. The summed E-state index contributed by atoms with van der Waals surface area (Å²) in [4.78, 5) is 18.1. The Hall–Kier alpha value is -2.05. The summed E-state index contributed by atoms with van der Waals surface area (Å²) in [7, 11) is 6.65. The number of allylic oxidation sites excluding steroid dienone is 2. The minimum Gasteiger partial charge on any atom is -0.454 e. The summed E-state index contributed by atoms with van der Waals surface area (Å²) in [6.07, 6.45) is 9.80. The van der Waals surface area contributed by atoms with Gasteiger partial charge in [-0.25, -0.2) is 0 Å². The Morgan fingerprint density at radius 3 is 2.66 bits per heavy atom. The van der Waals surface area contributed by atoms with Gasteiger partial charge in [-0.3, -0.25) is 9.69 Å². The number of hydrogen-bond acceptors (Lipinski definition) is 4. The van der Waals surface area contributed by atoms with Gasteiger partial charge in [0, 0.05) is 32.1 Å². The van der Waals surface area contributed by atoms with Gasteiger partial charge in [-0.15, -0.1) is 0 Å². The molecule has 0 aromatic heterocycles. The minimum atomic E-state index is 0.287. The number of quaternary nitrogens is 1. The molecular formula is C29H48N3O3+. The van der Waals surface area contributed by atoms with E-state index >= 15 is 0 Å². The molecule has 0 N–H and O–H groups in total. The average Bonchev–Trinajstić information content (AvgIpc) is 3.42. The van der Waals surface area contributed by atoms with E-state index in [1.165, 1.54) is 5.56 Å². The minimum absolute atomic E-state index is 0.287. The second-order valence-corrected chi connectivity index (χ2v) is 11.5. The highest BCUT2D eigenvalue weighted by molar-refractivity contribution is 5.78. The van der Waals surface area contributed by atoms with Crippen molar-refractivity contribution in [3.63, 3.8) is 0 Å². The van der Waals surface area contributed by atoms with Gasteiger partial charge in [-0.2, -0.15) is 0 Å². The number of fused-ring (bicyclic) bond motifs is 1. The van der Waals surface area contributed by atoms with E-state index < -0.39 is 0 Å². The number of carbonyl (C=O) groups is 1. The lowest BCUT2D eigenvalue weighted by Crippen LogP contribution is -2.44. The molecule has 1 aromatic carbocycles. The number of likely N-dealkylation sites (tertiary alicyclic amines) is 1. The summed E-state index contributed by atoms with van der Waals surface area (Å²) in [6, 6.07) is 6.75. The fourth-order valence-electron chi connectivity index (χ4n) is 5.39. The van der Waals surface area contributed by atoms with E-state index in [2.05, 4.69) is 76.0 Å². The Bertz CT molecular complexity index is 848. The number of benzene rings is 1. The number of carbonyl (C=O) groups excluding carboxylic acids is 1. The van der Waals surface area contributed by atoms with E-state index in [-0.39, 0.29) is 5.91 Å². The molecule has 196 valence electrons. The Morgan fingerprint density at radius 1 is 1.20 bits per heavy atom. The van der Waals surface area contributed by atoms with Crippen LogP contribution in [0, 0.1) is 5.92 Å². The third-order valence-corrected chi connectivity index (χ3v) is 7.29. The van der Waals surface area contributed by atoms with Crippen LogP contribution >= 0.6 is 0 Å². The van der Waals surface area contributed by atoms with Crippen molar-refractivity contribution < 1.29 is 18.8 Å². The first kappa shape index (κ1) is 27.5. The fraction of sp³-hybridized carbons (Fsp3) is 0.690. The van der Waals surface area contributed by atoms with Crippen LogP contribution in [0.1, 0.15) is 64.4 Å². The fourth-order valence-corrected chi connectivity index (χ4v) is 5.39. The first-order valence-corrected chi connectivity index (χ1v) is 13.5. The SMILES string of the molecule is C/C=C/[C@@H](C)CC1C[C@@H](c2ccc3c(c2)OCO3)CN1CC(=O)N(CCCC)CCC[N+](C)(C)C. The highest BCUT2D eigenvalue weighted by Gasteiger charge is 2.35. The molecule has 1 amide bonds. The van der Waals surface area contributed by atoms with Crippen molar-refractivity contribution in [2.45, 2.75) is 64.8 Å². The van der Waals surface area contributed by atoms with Crippen molar-refractivity contribution in [1.82, 2.24) is 9.80 Å². The lowest BCUT2D eigenvalue weighted by atomic mass is 9.92. The topological polar surface area (TPSA) is 42.0 Å². The molecule has 1 unspecified atom stereocenters. The number of amides is 1. The first-order chi connectivity index (χ1) is 16.7. The number of unbranched alkanes of at least 4 members (excludes halogenated alkanes) is 1.